The molecule has 140 valence electrons. The summed E-state index contributed by atoms with van der Waals surface area (Å²) in [6, 6.07) is 6.83. The molecule has 1 aliphatic rings. The molecule has 0 unspecified atom stereocenters. The highest BCUT2D eigenvalue weighted by molar-refractivity contribution is 6.30. The predicted octanol–water partition coefficient (Wildman–Crippen LogP) is 4.01. The molecule has 27 heavy (non-hydrogen) atoms. The number of rotatable bonds is 2. The minimum Gasteiger partial charge on any atom is -0.493 e. The zero-order valence-corrected chi connectivity index (χ0v) is 15.6. The fourth-order valence-corrected chi connectivity index (χ4v) is 3.35. The topological polar surface area (TPSA) is 80.5 Å². The van der Waals surface area contributed by atoms with Crippen molar-refractivity contribution in [3.63, 3.8) is 0 Å². The maximum absolute atomic E-state index is 12.7. The molecule has 7 nitrogen and oxygen atoms in total. The molecule has 0 aliphatic carbocycles. The van der Waals surface area contributed by atoms with Gasteiger partial charge in [-0.15, -0.1) is 0 Å². The molecule has 0 atom stereocenters. The van der Waals surface area contributed by atoms with Gasteiger partial charge < -0.3 is 14.7 Å². The van der Waals surface area contributed by atoms with Crippen molar-refractivity contribution in [3.8, 4) is 17.4 Å². The normalized spacial score (nSPS) is 15.3. The van der Waals surface area contributed by atoms with E-state index in [1.54, 1.807) is 29.2 Å². The molecule has 8 heteroatoms. The maximum atomic E-state index is 12.7. The highest BCUT2D eigenvalue weighted by atomic mass is 35.5. The molecule has 2 aromatic heterocycles. The van der Waals surface area contributed by atoms with Gasteiger partial charge in [0.1, 0.15) is 0 Å². The monoisotopic (exact) mass is 386 g/mol. The molecule has 3 heterocycles. The lowest BCUT2D eigenvalue weighted by molar-refractivity contribution is 0.131. The minimum absolute atomic E-state index is 0.140. The molecule has 1 amide bonds. The summed E-state index contributed by atoms with van der Waals surface area (Å²) in [5, 5.41) is 11.2. The van der Waals surface area contributed by atoms with Crippen LogP contribution >= 0.6 is 11.6 Å². The summed E-state index contributed by atoms with van der Waals surface area (Å²) >= 11 is 5.97. The SMILES string of the molecule is CC1CCN(C(=O)Oc2c3nccnc3c(O)n2-c2ccc(Cl)cc2)CC1. The number of piperidine rings is 1. The van der Waals surface area contributed by atoms with Gasteiger partial charge in [-0.2, -0.15) is 0 Å². The smallest absolute Gasteiger partial charge is 0.416 e. The fraction of sp³-hybridized carbons (Fsp3) is 0.316. The third kappa shape index (κ3) is 3.30. The Morgan fingerprint density at radius 2 is 1.78 bits per heavy atom. The van der Waals surface area contributed by atoms with Gasteiger partial charge in [0.15, 0.2) is 11.0 Å². The summed E-state index contributed by atoms with van der Waals surface area (Å²) in [7, 11) is 0. The van der Waals surface area contributed by atoms with E-state index in [1.807, 2.05) is 0 Å². The third-order valence-corrected chi connectivity index (χ3v) is 5.09. The largest absolute Gasteiger partial charge is 0.493 e. The van der Waals surface area contributed by atoms with Crippen LogP contribution in [0.25, 0.3) is 16.7 Å². The first-order valence-corrected chi connectivity index (χ1v) is 9.19. The quantitative estimate of drug-likeness (QED) is 0.719. The highest BCUT2D eigenvalue weighted by Gasteiger charge is 2.27. The number of hydrogen-bond acceptors (Lipinski definition) is 5. The number of hydrogen-bond donors (Lipinski definition) is 1. The van der Waals surface area contributed by atoms with E-state index in [9.17, 15) is 9.90 Å². The minimum atomic E-state index is -0.456. The van der Waals surface area contributed by atoms with Crippen LogP contribution < -0.4 is 4.74 Å². The number of fused-ring (bicyclic) bond motifs is 1. The average Bonchev–Trinajstić information content (AvgIpc) is 2.95. The molecule has 1 fully saturated rings. The van der Waals surface area contributed by atoms with Gasteiger partial charge in [-0.3, -0.25) is 0 Å². The number of benzene rings is 1. The lowest BCUT2D eigenvalue weighted by Crippen LogP contribution is -2.39. The molecule has 0 spiro atoms. The molecule has 0 bridgehead atoms. The Hall–Kier alpha value is -2.80. The molecule has 1 saturated heterocycles. The Labute approximate surface area is 161 Å². The molecule has 1 N–H and O–H groups in total. The highest BCUT2D eigenvalue weighted by Crippen LogP contribution is 2.37. The number of ether oxygens (including phenoxy) is 1. The molecular formula is C19H19ClN4O3. The molecule has 3 aromatic rings. The molecule has 0 radical (unpaired) electrons. The number of aromatic nitrogens is 3. The van der Waals surface area contributed by atoms with E-state index in [0.29, 0.717) is 35.2 Å². The summed E-state index contributed by atoms with van der Waals surface area (Å²) in [6.07, 6.45) is 4.40. The van der Waals surface area contributed by atoms with Crippen molar-refractivity contribution in [2.24, 2.45) is 5.92 Å². The van der Waals surface area contributed by atoms with Crippen LogP contribution in [0, 0.1) is 5.92 Å². The van der Waals surface area contributed by atoms with Gasteiger partial charge in [-0.25, -0.2) is 19.3 Å². The van der Waals surface area contributed by atoms with Crippen LogP contribution in [0.4, 0.5) is 4.79 Å². The lowest BCUT2D eigenvalue weighted by atomic mass is 10.00. The second kappa shape index (κ2) is 7.08. The molecule has 1 aromatic carbocycles. The van der Waals surface area contributed by atoms with E-state index in [0.717, 1.165) is 12.8 Å². The van der Waals surface area contributed by atoms with Gasteiger partial charge in [0.2, 0.25) is 11.8 Å². The van der Waals surface area contributed by atoms with Crippen molar-refractivity contribution in [2.75, 3.05) is 13.1 Å². The summed E-state index contributed by atoms with van der Waals surface area (Å²) < 4.78 is 7.12. The van der Waals surface area contributed by atoms with Crippen LogP contribution in [0.1, 0.15) is 19.8 Å². The summed E-state index contributed by atoms with van der Waals surface area (Å²) in [5.41, 5.74) is 1.18. The number of aromatic hydroxyl groups is 1. The Bertz CT molecular complexity index is 979. The standard InChI is InChI=1S/C19H19ClN4O3/c1-12-6-10-23(11-7-12)19(26)27-18-16-15(21-8-9-22-16)17(25)24(18)14-4-2-13(20)3-5-14/h2-5,8-9,12,25H,6-7,10-11H2,1H3. The Morgan fingerprint density at radius 3 is 2.44 bits per heavy atom. The van der Waals surface area contributed by atoms with E-state index in [1.165, 1.54) is 17.0 Å². The van der Waals surface area contributed by atoms with E-state index >= 15 is 0 Å². The third-order valence-electron chi connectivity index (χ3n) is 4.84. The van der Waals surface area contributed by atoms with E-state index in [2.05, 4.69) is 16.9 Å². The maximum Gasteiger partial charge on any atom is 0.416 e. The predicted molar refractivity (Wildman–Crippen MR) is 102 cm³/mol. The Balaban J connectivity index is 1.75. The number of halogens is 1. The zero-order chi connectivity index (χ0) is 19.0. The van der Waals surface area contributed by atoms with Gasteiger partial charge in [0.25, 0.3) is 0 Å². The number of carbonyl (C=O) groups excluding carboxylic acids is 1. The molecule has 1 aliphatic heterocycles. The second-order valence-corrected chi connectivity index (χ2v) is 7.17. The van der Waals surface area contributed by atoms with Crippen molar-refractivity contribution < 1.29 is 14.6 Å². The first kappa shape index (κ1) is 17.6. The molecular weight excluding hydrogens is 368 g/mol. The molecule has 0 saturated carbocycles. The van der Waals surface area contributed by atoms with Gasteiger partial charge >= 0.3 is 6.09 Å². The van der Waals surface area contributed by atoms with Gasteiger partial charge in [-0.05, 0) is 43.0 Å². The van der Waals surface area contributed by atoms with Crippen molar-refractivity contribution in [1.82, 2.24) is 19.4 Å². The van der Waals surface area contributed by atoms with Crippen LogP contribution in [0.5, 0.6) is 11.8 Å². The van der Waals surface area contributed by atoms with Crippen molar-refractivity contribution in [3.05, 3.63) is 41.7 Å². The van der Waals surface area contributed by atoms with Gasteiger partial charge in [-0.1, -0.05) is 18.5 Å². The Morgan fingerprint density at radius 1 is 1.15 bits per heavy atom. The van der Waals surface area contributed by atoms with Crippen LogP contribution in [-0.4, -0.2) is 43.7 Å². The number of carbonyl (C=O) groups is 1. The van der Waals surface area contributed by atoms with Crippen LogP contribution in [0.2, 0.25) is 5.02 Å². The average molecular weight is 387 g/mol. The Kier molecular flexibility index (Phi) is 4.61. The van der Waals surface area contributed by atoms with E-state index in [-0.39, 0.29) is 17.3 Å². The number of amides is 1. The first-order chi connectivity index (χ1) is 13.0. The number of nitrogens with zero attached hydrogens (tertiary/aromatic N) is 4. The van der Waals surface area contributed by atoms with E-state index < -0.39 is 6.09 Å². The zero-order valence-electron chi connectivity index (χ0n) is 14.8. The van der Waals surface area contributed by atoms with Crippen LogP contribution in [-0.2, 0) is 0 Å². The van der Waals surface area contributed by atoms with Crippen molar-refractivity contribution in [2.45, 2.75) is 19.8 Å². The van der Waals surface area contributed by atoms with E-state index in [4.69, 9.17) is 16.3 Å². The van der Waals surface area contributed by atoms with Crippen LogP contribution in [0.3, 0.4) is 0 Å². The first-order valence-electron chi connectivity index (χ1n) is 8.81. The summed E-state index contributed by atoms with van der Waals surface area (Å²) in [5.74, 6) is 0.597. The molecule has 4 rings (SSSR count). The summed E-state index contributed by atoms with van der Waals surface area (Å²) in [6.45, 7) is 3.48. The lowest BCUT2D eigenvalue weighted by Gasteiger charge is -2.29. The number of likely N-dealkylation sites (tertiary alicyclic amines) is 1. The van der Waals surface area contributed by atoms with Crippen molar-refractivity contribution in [1.29, 1.82) is 0 Å². The van der Waals surface area contributed by atoms with Crippen LogP contribution in [0.15, 0.2) is 36.7 Å². The fourth-order valence-electron chi connectivity index (χ4n) is 3.23. The second-order valence-electron chi connectivity index (χ2n) is 6.73. The summed E-state index contributed by atoms with van der Waals surface area (Å²) in [4.78, 5) is 22.8. The van der Waals surface area contributed by atoms with Crippen molar-refractivity contribution >= 4 is 28.7 Å². The van der Waals surface area contributed by atoms with Gasteiger partial charge in [0, 0.05) is 30.5 Å². The van der Waals surface area contributed by atoms with Gasteiger partial charge in [0.05, 0.1) is 5.69 Å².